The zero-order valence-corrected chi connectivity index (χ0v) is 14.8. The fourth-order valence-electron chi connectivity index (χ4n) is 3.05. The lowest BCUT2D eigenvalue weighted by Crippen LogP contribution is -2.35. The van der Waals surface area contributed by atoms with Gasteiger partial charge < -0.3 is 4.74 Å². The Morgan fingerprint density at radius 2 is 1.64 bits per heavy atom. The molecule has 9 heteroatoms. The van der Waals surface area contributed by atoms with Crippen molar-refractivity contribution in [3.05, 3.63) is 23.3 Å². The van der Waals surface area contributed by atoms with E-state index in [9.17, 15) is 17.6 Å². The van der Waals surface area contributed by atoms with Gasteiger partial charge in [0.25, 0.3) is 0 Å². The summed E-state index contributed by atoms with van der Waals surface area (Å²) in [6.07, 6.45) is 1.79. The van der Waals surface area contributed by atoms with Gasteiger partial charge in [0.05, 0.1) is 12.0 Å². The van der Waals surface area contributed by atoms with E-state index < -0.39 is 40.0 Å². The normalized spacial score (nSPS) is 24.0. The van der Waals surface area contributed by atoms with Gasteiger partial charge in [-0.15, -0.1) is 4.33 Å². The number of benzene rings is 1. The van der Waals surface area contributed by atoms with E-state index in [-0.39, 0.29) is 18.0 Å². The molecule has 0 spiro atoms. The molecule has 1 N–H and O–H groups in total. The van der Waals surface area contributed by atoms with Gasteiger partial charge in [0, 0.05) is 0 Å². The highest BCUT2D eigenvalue weighted by atomic mass is 32.2. The summed E-state index contributed by atoms with van der Waals surface area (Å²) >= 11 is -0.196. The topological polar surface area (TPSA) is 47.9 Å². The van der Waals surface area contributed by atoms with Crippen LogP contribution in [0.4, 0.5) is 17.6 Å². The summed E-state index contributed by atoms with van der Waals surface area (Å²) in [5.74, 6) is -7.06. The van der Waals surface area contributed by atoms with Crippen LogP contribution in [-0.2, 0) is 9.37 Å². The van der Waals surface area contributed by atoms with Gasteiger partial charge in [0.2, 0.25) is 11.6 Å². The molecule has 25 heavy (non-hydrogen) atoms. The molecule has 0 saturated heterocycles. The Bertz CT molecular complexity index is 585. The van der Waals surface area contributed by atoms with Gasteiger partial charge in [0.15, 0.2) is 17.4 Å². The molecule has 0 bridgehead atoms. The minimum Gasteiger partial charge on any atom is -0.484 e. The molecule has 1 fully saturated rings. The van der Waals surface area contributed by atoms with E-state index in [1.807, 2.05) is 20.8 Å². The summed E-state index contributed by atoms with van der Waals surface area (Å²) in [7, 11) is 0. The van der Waals surface area contributed by atoms with E-state index in [2.05, 4.69) is 9.37 Å². The van der Waals surface area contributed by atoms with Crippen molar-refractivity contribution >= 4 is 12.0 Å². The molecule has 0 amide bonds. The second-order valence-corrected chi connectivity index (χ2v) is 7.30. The van der Waals surface area contributed by atoms with Gasteiger partial charge in [-0.2, -0.15) is 8.78 Å². The van der Waals surface area contributed by atoms with Crippen LogP contribution in [0.5, 0.6) is 5.75 Å². The minimum absolute atomic E-state index is 0.0000891. The van der Waals surface area contributed by atoms with E-state index in [1.54, 1.807) is 0 Å². The Balaban J connectivity index is 2.30. The van der Waals surface area contributed by atoms with Crippen molar-refractivity contribution in [2.45, 2.75) is 51.0 Å². The third-order valence-corrected chi connectivity index (χ3v) is 5.36. The van der Waals surface area contributed by atoms with E-state index in [0.717, 1.165) is 12.8 Å². The maximum Gasteiger partial charge on any atom is 0.205 e. The number of hydrogen-bond acceptors (Lipinski definition) is 5. The minimum atomic E-state index is -1.68. The maximum absolute atomic E-state index is 14.2. The zero-order chi connectivity index (χ0) is 18.7. The van der Waals surface area contributed by atoms with E-state index in [1.165, 1.54) is 0 Å². The molecule has 1 aliphatic carbocycles. The summed E-state index contributed by atoms with van der Waals surface area (Å²) in [5, 5.41) is 11.2. The van der Waals surface area contributed by atoms with Crippen LogP contribution in [0.25, 0.3) is 0 Å². The molecular weight excluding hydrogens is 364 g/mol. The highest BCUT2D eigenvalue weighted by Gasteiger charge is 2.34. The third-order valence-electron chi connectivity index (χ3n) is 4.71. The quantitative estimate of drug-likeness (QED) is 0.230. The molecule has 0 heterocycles. The van der Waals surface area contributed by atoms with Crippen LogP contribution in [0, 0.1) is 41.0 Å². The summed E-state index contributed by atoms with van der Waals surface area (Å²) in [6, 6.07) is 0. The predicted octanol–water partition coefficient (Wildman–Crippen LogP) is 5.51. The Hall–Kier alpha value is -1.03. The number of halogens is 4. The van der Waals surface area contributed by atoms with Crippen molar-refractivity contribution in [2.75, 3.05) is 0 Å². The summed E-state index contributed by atoms with van der Waals surface area (Å²) < 4.78 is 65.6. The molecule has 4 nitrogen and oxygen atoms in total. The van der Waals surface area contributed by atoms with Gasteiger partial charge in [-0.1, -0.05) is 25.8 Å². The van der Waals surface area contributed by atoms with Crippen molar-refractivity contribution < 1.29 is 36.9 Å². The number of hydrogen-bond donors (Lipinski definition) is 1. The third kappa shape index (κ3) is 4.39. The van der Waals surface area contributed by atoms with Gasteiger partial charge >= 0.3 is 0 Å². The van der Waals surface area contributed by atoms with Crippen LogP contribution < -0.4 is 4.74 Å². The van der Waals surface area contributed by atoms with Crippen LogP contribution in [0.2, 0.25) is 0 Å². The molecule has 142 valence electrons. The highest BCUT2D eigenvalue weighted by Crippen LogP contribution is 2.40. The van der Waals surface area contributed by atoms with Crippen molar-refractivity contribution in [3.8, 4) is 5.75 Å². The Kier molecular flexibility index (Phi) is 6.95. The summed E-state index contributed by atoms with van der Waals surface area (Å²) in [5.41, 5.74) is 0. The number of ether oxygens (including phenoxy) is 1. The molecule has 0 radical (unpaired) electrons. The van der Waals surface area contributed by atoms with Gasteiger partial charge in [-0.3, -0.25) is 0 Å². The molecule has 2 rings (SSSR count). The summed E-state index contributed by atoms with van der Waals surface area (Å²) in [4.78, 5) is -1.12. The van der Waals surface area contributed by atoms with Crippen LogP contribution in [0.3, 0.4) is 0 Å². The Labute approximate surface area is 147 Å². The lowest BCUT2D eigenvalue weighted by molar-refractivity contribution is -0.432. The Morgan fingerprint density at radius 3 is 2.16 bits per heavy atom. The second kappa shape index (κ2) is 8.57. The second-order valence-electron chi connectivity index (χ2n) is 6.59. The molecule has 1 unspecified atom stereocenters. The van der Waals surface area contributed by atoms with Gasteiger partial charge in [-0.05, 0) is 37.0 Å². The maximum atomic E-state index is 14.2. The van der Waals surface area contributed by atoms with Crippen LogP contribution >= 0.6 is 12.0 Å². The van der Waals surface area contributed by atoms with E-state index in [4.69, 9.17) is 9.99 Å². The average Bonchev–Trinajstić information content (AvgIpc) is 2.58. The lowest BCUT2D eigenvalue weighted by Gasteiger charge is -2.36. The van der Waals surface area contributed by atoms with Gasteiger partial charge in [-0.25, -0.2) is 14.0 Å². The first-order valence-electron chi connectivity index (χ1n) is 7.95. The van der Waals surface area contributed by atoms with Crippen LogP contribution in [0.1, 0.15) is 40.0 Å². The SMILES string of the molecule is CC(C)[C@H]1CC[C@H](C)C(Oc2c(F)c(F)c(SOOO)c(F)c2F)C1. The molecule has 1 aromatic carbocycles. The number of rotatable bonds is 6. The molecule has 3 atom stereocenters. The standard InChI is InChI=1S/C16H20F4O4S/c1-7(2)9-5-4-8(3)10(6-9)22-15-11(17)13(19)16(25-24-23-21)14(20)12(15)18/h7-10,21H,4-6H2,1-3H3/t8-,9-,10?/m0/s1. The predicted molar refractivity (Wildman–Crippen MR) is 82.7 cm³/mol. The fraction of sp³-hybridized carbons (Fsp3) is 0.625. The monoisotopic (exact) mass is 384 g/mol. The van der Waals surface area contributed by atoms with Crippen molar-refractivity contribution in [1.29, 1.82) is 0 Å². The first kappa shape index (κ1) is 20.3. The van der Waals surface area contributed by atoms with Gasteiger partial charge in [0.1, 0.15) is 11.0 Å². The largest absolute Gasteiger partial charge is 0.484 e. The molecule has 0 aliphatic heterocycles. The molecule has 1 aromatic rings. The summed E-state index contributed by atoms with van der Waals surface area (Å²) in [6.45, 7) is 5.97. The average molecular weight is 384 g/mol. The first-order valence-corrected chi connectivity index (χ1v) is 8.69. The Morgan fingerprint density at radius 1 is 1.04 bits per heavy atom. The van der Waals surface area contributed by atoms with E-state index >= 15 is 0 Å². The highest BCUT2D eigenvalue weighted by molar-refractivity contribution is 7.94. The molecular formula is C16H20F4O4S. The van der Waals surface area contributed by atoms with E-state index in [0.29, 0.717) is 18.3 Å². The molecule has 1 saturated carbocycles. The zero-order valence-electron chi connectivity index (χ0n) is 14.0. The smallest absolute Gasteiger partial charge is 0.205 e. The molecule has 0 aromatic heterocycles. The van der Waals surface area contributed by atoms with Crippen molar-refractivity contribution in [2.24, 2.45) is 17.8 Å². The first-order chi connectivity index (χ1) is 11.8. The van der Waals surface area contributed by atoms with Crippen LogP contribution in [0.15, 0.2) is 4.90 Å². The molecule has 1 aliphatic rings. The van der Waals surface area contributed by atoms with Crippen molar-refractivity contribution in [1.82, 2.24) is 0 Å². The fourth-order valence-corrected chi connectivity index (χ4v) is 3.47. The van der Waals surface area contributed by atoms with Crippen LogP contribution in [-0.4, -0.2) is 11.4 Å². The lowest BCUT2D eigenvalue weighted by atomic mass is 9.76. The van der Waals surface area contributed by atoms with Crippen molar-refractivity contribution in [3.63, 3.8) is 0 Å².